The molecule has 3 rings (SSSR count). The number of fused-ring (bicyclic) bond motifs is 1. The molecule has 0 saturated carbocycles. The summed E-state index contributed by atoms with van der Waals surface area (Å²) in [5, 5.41) is 9.32. The molecule has 136 valence electrons. The topological polar surface area (TPSA) is 81.3 Å². The van der Waals surface area contributed by atoms with Crippen molar-refractivity contribution in [2.45, 2.75) is 24.7 Å². The number of carbonyl (C=O) groups is 1. The number of carbonyl (C=O) groups excluding carboxylic acids is 1. The Kier molecular flexibility index (Phi) is 4.71. The van der Waals surface area contributed by atoms with Crippen molar-refractivity contribution in [2.75, 3.05) is 25.6 Å². The Balaban J connectivity index is 1.87. The largest absolute Gasteiger partial charge is 0.467 e. The van der Waals surface area contributed by atoms with Gasteiger partial charge in [0.2, 0.25) is 0 Å². The number of halogens is 3. The number of aromatic nitrogens is 2. The van der Waals surface area contributed by atoms with E-state index < -0.39 is 24.2 Å². The van der Waals surface area contributed by atoms with Crippen molar-refractivity contribution in [1.82, 2.24) is 15.1 Å². The maximum atomic E-state index is 13.5. The number of nitrogens with one attached hydrogen (secondary N) is 2. The van der Waals surface area contributed by atoms with E-state index in [1.54, 1.807) is 12.1 Å². The molecule has 2 N–H and O–H groups in total. The summed E-state index contributed by atoms with van der Waals surface area (Å²) in [6.45, 7) is 0.534. The van der Waals surface area contributed by atoms with Gasteiger partial charge in [-0.05, 0) is 12.1 Å². The average Bonchev–Trinajstić information content (AvgIpc) is 3.22. The molecular formula is C15H17F3N4O3. The molecule has 7 nitrogen and oxygen atoms in total. The van der Waals surface area contributed by atoms with Crippen LogP contribution in [-0.2, 0) is 4.74 Å². The second-order valence-corrected chi connectivity index (χ2v) is 5.61. The number of anilines is 1. The van der Waals surface area contributed by atoms with Crippen LogP contribution in [0.3, 0.4) is 0 Å². The summed E-state index contributed by atoms with van der Waals surface area (Å²) in [6, 6.07) is 2.01. The summed E-state index contributed by atoms with van der Waals surface area (Å²) in [7, 11) is 1.48. The standard InChI is InChI=1S/C15H17F3N4O3/c1-24-6-4-19-14(23)10-8-13-20-9(11-3-2-5-25-11)7-12(15(16,17)18)22(13)21-10/h2-3,5,8-9,12,20H,4,6-7H2,1H3,(H,19,23)/t9-,12+/m1/s1. The van der Waals surface area contributed by atoms with Crippen molar-refractivity contribution in [3.63, 3.8) is 0 Å². The van der Waals surface area contributed by atoms with Crippen molar-refractivity contribution in [2.24, 2.45) is 0 Å². The third kappa shape index (κ3) is 3.63. The SMILES string of the molecule is COCCNC(=O)c1cc2n(n1)[C@H](C(F)(F)F)C[C@H](c1ccco1)N2. The van der Waals surface area contributed by atoms with E-state index in [9.17, 15) is 18.0 Å². The maximum absolute atomic E-state index is 13.5. The second kappa shape index (κ2) is 6.79. The number of nitrogens with zero attached hydrogens (tertiary/aromatic N) is 2. The first-order chi connectivity index (χ1) is 11.9. The molecule has 2 atom stereocenters. The quantitative estimate of drug-likeness (QED) is 0.803. The van der Waals surface area contributed by atoms with Gasteiger partial charge >= 0.3 is 6.18 Å². The van der Waals surface area contributed by atoms with Crippen LogP contribution in [-0.4, -0.2) is 42.1 Å². The molecule has 1 amide bonds. The molecule has 2 aromatic rings. The van der Waals surface area contributed by atoms with Gasteiger partial charge in [0.1, 0.15) is 11.6 Å². The van der Waals surface area contributed by atoms with Gasteiger partial charge in [-0.2, -0.15) is 18.3 Å². The van der Waals surface area contributed by atoms with Gasteiger partial charge in [0.05, 0.1) is 18.9 Å². The van der Waals surface area contributed by atoms with E-state index in [1.807, 2.05) is 0 Å². The lowest BCUT2D eigenvalue weighted by atomic mass is 10.0. The van der Waals surface area contributed by atoms with E-state index in [0.717, 1.165) is 4.68 Å². The minimum Gasteiger partial charge on any atom is -0.467 e. The van der Waals surface area contributed by atoms with Gasteiger partial charge in [-0.15, -0.1) is 0 Å². The number of ether oxygens (including phenoxy) is 1. The lowest BCUT2D eigenvalue weighted by Gasteiger charge is -2.32. The van der Waals surface area contributed by atoms with E-state index in [-0.39, 0.29) is 24.5 Å². The number of furan rings is 1. The predicted molar refractivity (Wildman–Crippen MR) is 81.2 cm³/mol. The van der Waals surface area contributed by atoms with Gasteiger partial charge in [-0.1, -0.05) is 0 Å². The van der Waals surface area contributed by atoms with Crippen molar-refractivity contribution in [3.05, 3.63) is 35.9 Å². The summed E-state index contributed by atoms with van der Waals surface area (Å²) in [5.41, 5.74) is -0.0899. The Hall–Kier alpha value is -2.49. The lowest BCUT2D eigenvalue weighted by molar-refractivity contribution is -0.174. The summed E-state index contributed by atoms with van der Waals surface area (Å²) in [4.78, 5) is 12.0. The number of rotatable bonds is 5. The van der Waals surface area contributed by atoms with Gasteiger partial charge in [-0.3, -0.25) is 4.79 Å². The van der Waals surface area contributed by atoms with E-state index >= 15 is 0 Å². The highest BCUT2D eigenvalue weighted by atomic mass is 19.4. The van der Waals surface area contributed by atoms with Crippen LogP contribution in [0.4, 0.5) is 19.0 Å². The highest BCUT2D eigenvalue weighted by molar-refractivity contribution is 5.93. The fraction of sp³-hybridized carbons (Fsp3) is 0.467. The van der Waals surface area contributed by atoms with Gasteiger partial charge in [-0.25, -0.2) is 4.68 Å². The minimum atomic E-state index is -4.50. The molecular weight excluding hydrogens is 341 g/mol. The molecule has 0 aromatic carbocycles. The molecule has 0 unspecified atom stereocenters. The van der Waals surface area contributed by atoms with Crippen molar-refractivity contribution >= 4 is 11.7 Å². The Bertz CT molecular complexity index is 727. The second-order valence-electron chi connectivity index (χ2n) is 5.61. The first-order valence-electron chi connectivity index (χ1n) is 7.63. The minimum absolute atomic E-state index is 0.0899. The normalized spacial score (nSPS) is 20.0. The molecule has 10 heteroatoms. The zero-order valence-electron chi connectivity index (χ0n) is 13.3. The zero-order chi connectivity index (χ0) is 18.0. The Morgan fingerprint density at radius 2 is 2.36 bits per heavy atom. The van der Waals surface area contributed by atoms with E-state index in [1.165, 1.54) is 19.4 Å². The van der Waals surface area contributed by atoms with E-state index in [0.29, 0.717) is 12.4 Å². The molecule has 0 spiro atoms. The van der Waals surface area contributed by atoms with Crippen LogP contribution in [0.15, 0.2) is 28.9 Å². The number of hydrogen-bond donors (Lipinski definition) is 2. The van der Waals surface area contributed by atoms with Crippen LogP contribution in [0.1, 0.15) is 34.8 Å². The van der Waals surface area contributed by atoms with Gasteiger partial charge < -0.3 is 19.8 Å². The van der Waals surface area contributed by atoms with Crippen molar-refractivity contribution in [3.8, 4) is 0 Å². The average molecular weight is 358 g/mol. The first kappa shape index (κ1) is 17.3. The summed E-state index contributed by atoms with van der Waals surface area (Å²) < 4.78 is 51.2. The highest BCUT2D eigenvalue weighted by Gasteiger charge is 2.47. The summed E-state index contributed by atoms with van der Waals surface area (Å²) in [5.74, 6) is -0.0455. The van der Waals surface area contributed by atoms with Gasteiger partial charge in [0, 0.05) is 26.1 Å². The maximum Gasteiger partial charge on any atom is 0.410 e. The van der Waals surface area contributed by atoms with Crippen LogP contribution < -0.4 is 10.6 Å². The first-order valence-corrected chi connectivity index (χ1v) is 7.63. The molecule has 1 aliphatic heterocycles. The molecule has 0 bridgehead atoms. The monoisotopic (exact) mass is 358 g/mol. The number of amides is 1. The lowest BCUT2D eigenvalue weighted by Crippen LogP contribution is -2.35. The van der Waals surface area contributed by atoms with Gasteiger partial charge in [0.25, 0.3) is 5.91 Å². The molecule has 0 radical (unpaired) electrons. The van der Waals surface area contributed by atoms with E-state index in [2.05, 4.69) is 15.7 Å². The zero-order valence-corrected chi connectivity index (χ0v) is 13.3. The molecule has 3 heterocycles. The van der Waals surface area contributed by atoms with E-state index in [4.69, 9.17) is 9.15 Å². The summed E-state index contributed by atoms with van der Waals surface area (Å²) >= 11 is 0. The fourth-order valence-electron chi connectivity index (χ4n) is 2.72. The van der Waals surface area contributed by atoms with Crippen LogP contribution in [0.25, 0.3) is 0 Å². The molecule has 0 fully saturated rings. The fourth-order valence-corrected chi connectivity index (χ4v) is 2.72. The molecule has 0 aliphatic carbocycles. The highest BCUT2D eigenvalue weighted by Crippen LogP contribution is 2.43. The van der Waals surface area contributed by atoms with Crippen LogP contribution in [0.2, 0.25) is 0 Å². The third-order valence-electron chi connectivity index (χ3n) is 3.90. The molecule has 0 saturated heterocycles. The van der Waals surface area contributed by atoms with Crippen LogP contribution in [0.5, 0.6) is 0 Å². The number of alkyl halides is 3. The van der Waals surface area contributed by atoms with Crippen molar-refractivity contribution < 1.29 is 27.1 Å². The molecule has 1 aliphatic rings. The molecule has 25 heavy (non-hydrogen) atoms. The Labute approximate surface area is 141 Å². The Morgan fingerprint density at radius 3 is 3.00 bits per heavy atom. The number of methoxy groups -OCH3 is 1. The Morgan fingerprint density at radius 1 is 1.56 bits per heavy atom. The summed E-state index contributed by atoms with van der Waals surface area (Å²) in [6.07, 6.45) is -3.38. The van der Waals surface area contributed by atoms with Gasteiger partial charge in [0.15, 0.2) is 11.7 Å². The smallest absolute Gasteiger partial charge is 0.410 e. The van der Waals surface area contributed by atoms with Crippen molar-refractivity contribution in [1.29, 1.82) is 0 Å². The predicted octanol–water partition coefficient (Wildman–Crippen LogP) is 2.51. The molecule has 2 aromatic heterocycles. The third-order valence-corrected chi connectivity index (χ3v) is 3.90. The van der Waals surface area contributed by atoms with Crippen LogP contribution in [0, 0.1) is 0 Å². The number of hydrogen-bond acceptors (Lipinski definition) is 5. The van der Waals surface area contributed by atoms with Crippen LogP contribution >= 0.6 is 0 Å².